The summed E-state index contributed by atoms with van der Waals surface area (Å²) in [7, 11) is 0. The van der Waals surface area contributed by atoms with Crippen molar-refractivity contribution in [2.45, 2.75) is 12.8 Å². The standard InChI is InChI=1S/C62H48N2/c1-5-15-47(16-6-1)51-23-13-14-24-57(36-25-51)63(58-37-26-52(27-38-58)48-17-7-2-8-18-48)59-43-32-55(33-44-59)56-34-45-62(46-35-56)64(60-39-28-53(29-40-60)49-19-9-3-10-20-49)61-41-30-54(31-42-61)50-21-11-4-12-22-50/h1-12,15-46H,13-14H2/b36-25-,51-23-,57-24+. The third kappa shape index (κ3) is 8.90. The molecule has 64 heavy (non-hydrogen) atoms. The molecule has 0 heterocycles. The molecule has 0 aliphatic heterocycles. The van der Waals surface area contributed by atoms with Crippen LogP contribution in [0.4, 0.5) is 28.4 Å². The smallest absolute Gasteiger partial charge is 0.0462 e. The average Bonchev–Trinajstić information content (AvgIpc) is 3.37. The Bertz CT molecular complexity index is 2920. The first-order valence-electron chi connectivity index (χ1n) is 22.1. The lowest BCUT2D eigenvalue weighted by Gasteiger charge is -2.28. The van der Waals surface area contributed by atoms with Crippen molar-refractivity contribution in [1.82, 2.24) is 0 Å². The Morgan fingerprint density at radius 1 is 0.219 bits per heavy atom. The summed E-state index contributed by atoms with van der Waals surface area (Å²) in [6, 6.07) is 87.1. The Labute approximate surface area is 377 Å². The fourth-order valence-electron chi connectivity index (χ4n) is 8.59. The molecule has 306 valence electrons. The summed E-state index contributed by atoms with van der Waals surface area (Å²) in [5, 5.41) is 0. The largest absolute Gasteiger partial charge is 0.311 e. The van der Waals surface area contributed by atoms with Gasteiger partial charge < -0.3 is 9.80 Å². The van der Waals surface area contributed by atoms with Gasteiger partial charge in [0.1, 0.15) is 0 Å². The molecule has 0 saturated heterocycles. The summed E-state index contributed by atoms with van der Waals surface area (Å²) in [5.41, 5.74) is 18.7. The molecular formula is C62H48N2. The number of hydrogen-bond acceptors (Lipinski definition) is 2. The van der Waals surface area contributed by atoms with Crippen LogP contribution in [0.15, 0.2) is 273 Å². The van der Waals surface area contributed by atoms with Crippen LogP contribution in [-0.4, -0.2) is 0 Å². The number of benzene rings is 9. The minimum Gasteiger partial charge on any atom is -0.311 e. The average molecular weight is 821 g/mol. The molecule has 0 saturated carbocycles. The number of anilines is 5. The molecule has 1 aliphatic carbocycles. The van der Waals surface area contributed by atoms with E-state index in [1.165, 1.54) is 44.5 Å². The molecular weight excluding hydrogens is 773 g/mol. The number of hydrogen-bond donors (Lipinski definition) is 0. The molecule has 0 radical (unpaired) electrons. The summed E-state index contributed by atoms with van der Waals surface area (Å²) in [6.07, 6.45) is 11.2. The monoisotopic (exact) mass is 820 g/mol. The zero-order chi connectivity index (χ0) is 42.9. The topological polar surface area (TPSA) is 6.48 Å². The first kappa shape index (κ1) is 39.9. The van der Waals surface area contributed by atoms with Gasteiger partial charge in [-0.15, -0.1) is 0 Å². The van der Waals surface area contributed by atoms with E-state index >= 15 is 0 Å². The highest BCUT2D eigenvalue weighted by Crippen LogP contribution is 2.39. The summed E-state index contributed by atoms with van der Waals surface area (Å²) in [6.45, 7) is 0. The normalized spacial score (nSPS) is 14.5. The summed E-state index contributed by atoms with van der Waals surface area (Å²) in [4.78, 5) is 4.72. The lowest BCUT2D eigenvalue weighted by atomic mass is 10.00. The maximum atomic E-state index is 2.39. The Balaban J connectivity index is 0.963. The minimum absolute atomic E-state index is 0.949. The number of rotatable bonds is 11. The molecule has 2 nitrogen and oxygen atoms in total. The van der Waals surface area contributed by atoms with Gasteiger partial charge in [-0.1, -0.05) is 200 Å². The van der Waals surface area contributed by atoms with Crippen molar-refractivity contribution in [1.29, 1.82) is 0 Å². The van der Waals surface area contributed by atoms with Gasteiger partial charge in [0, 0.05) is 34.1 Å². The number of allylic oxidation sites excluding steroid dienone is 5. The van der Waals surface area contributed by atoms with Gasteiger partial charge in [-0.2, -0.15) is 0 Å². The Morgan fingerprint density at radius 2 is 0.484 bits per heavy atom. The molecule has 1 aliphatic rings. The maximum absolute atomic E-state index is 2.39. The first-order chi connectivity index (χ1) is 31.7. The molecule has 9 aromatic carbocycles. The van der Waals surface area contributed by atoms with E-state index in [-0.39, 0.29) is 0 Å². The van der Waals surface area contributed by atoms with Gasteiger partial charge in [-0.25, -0.2) is 0 Å². The van der Waals surface area contributed by atoms with E-state index < -0.39 is 0 Å². The van der Waals surface area contributed by atoms with E-state index in [0.29, 0.717) is 0 Å². The van der Waals surface area contributed by atoms with E-state index in [1.807, 2.05) is 0 Å². The third-order valence-corrected chi connectivity index (χ3v) is 12.0. The molecule has 0 atom stereocenters. The lowest BCUT2D eigenvalue weighted by molar-refractivity contribution is 1.02. The SMILES string of the molecule is C1=C\C(N(c2ccc(-c3ccccc3)cc2)c2ccc(-c3ccc(N(c4ccc(-c5ccccc5)cc4)c4ccc(-c5ccccc5)cc4)cc3)cc2)=C/CC/C=C/1c1ccccc1. The van der Waals surface area contributed by atoms with Gasteiger partial charge >= 0.3 is 0 Å². The second-order valence-corrected chi connectivity index (χ2v) is 16.1. The highest BCUT2D eigenvalue weighted by molar-refractivity contribution is 5.83. The quantitative estimate of drug-likeness (QED) is 0.128. The van der Waals surface area contributed by atoms with Crippen molar-refractivity contribution in [3.05, 3.63) is 278 Å². The summed E-state index contributed by atoms with van der Waals surface area (Å²) in [5.74, 6) is 0. The summed E-state index contributed by atoms with van der Waals surface area (Å²) < 4.78 is 0. The van der Waals surface area contributed by atoms with Crippen LogP contribution in [0.5, 0.6) is 0 Å². The van der Waals surface area contributed by atoms with Crippen LogP contribution in [0, 0.1) is 0 Å². The van der Waals surface area contributed by atoms with Crippen LogP contribution in [0.2, 0.25) is 0 Å². The molecule has 0 aromatic heterocycles. The van der Waals surface area contributed by atoms with E-state index in [0.717, 1.165) is 58.1 Å². The van der Waals surface area contributed by atoms with Crippen LogP contribution < -0.4 is 9.80 Å². The Kier molecular flexibility index (Phi) is 11.7. The van der Waals surface area contributed by atoms with Crippen molar-refractivity contribution < 1.29 is 0 Å². The second-order valence-electron chi connectivity index (χ2n) is 16.1. The molecule has 0 spiro atoms. The molecule has 9 aromatic rings. The molecule has 0 N–H and O–H groups in total. The predicted molar refractivity (Wildman–Crippen MR) is 272 cm³/mol. The fraction of sp³-hybridized carbons (Fsp3) is 0.0323. The van der Waals surface area contributed by atoms with Gasteiger partial charge in [0.25, 0.3) is 0 Å². The molecule has 2 heteroatoms. The Morgan fingerprint density at radius 3 is 0.812 bits per heavy atom. The highest BCUT2D eigenvalue weighted by Gasteiger charge is 2.17. The van der Waals surface area contributed by atoms with Gasteiger partial charge in [-0.05, 0) is 135 Å². The van der Waals surface area contributed by atoms with Crippen molar-refractivity contribution in [2.75, 3.05) is 9.80 Å². The van der Waals surface area contributed by atoms with Crippen LogP contribution >= 0.6 is 0 Å². The maximum Gasteiger partial charge on any atom is 0.0462 e. The highest BCUT2D eigenvalue weighted by atomic mass is 15.1. The molecule has 0 unspecified atom stereocenters. The van der Waals surface area contributed by atoms with Crippen molar-refractivity contribution in [2.24, 2.45) is 0 Å². The van der Waals surface area contributed by atoms with Gasteiger partial charge in [0.05, 0.1) is 0 Å². The Hall–Kier alpha value is -8.20. The van der Waals surface area contributed by atoms with Crippen LogP contribution in [0.3, 0.4) is 0 Å². The van der Waals surface area contributed by atoms with Crippen LogP contribution in [-0.2, 0) is 0 Å². The van der Waals surface area contributed by atoms with Crippen LogP contribution in [0.25, 0.3) is 50.1 Å². The van der Waals surface area contributed by atoms with Gasteiger partial charge in [0.15, 0.2) is 0 Å². The van der Waals surface area contributed by atoms with E-state index in [1.54, 1.807) is 0 Å². The first-order valence-corrected chi connectivity index (χ1v) is 22.1. The zero-order valence-electron chi connectivity index (χ0n) is 35.7. The third-order valence-electron chi connectivity index (χ3n) is 12.0. The van der Waals surface area contributed by atoms with E-state index in [4.69, 9.17) is 0 Å². The molecule has 0 bridgehead atoms. The van der Waals surface area contributed by atoms with E-state index in [2.05, 4.69) is 277 Å². The fourth-order valence-corrected chi connectivity index (χ4v) is 8.59. The number of nitrogens with zero attached hydrogens (tertiary/aromatic N) is 2. The van der Waals surface area contributed by atoms with Crippen molar-refractivity contribution in [3.8, 4) is 44.5 Å². The predicted octanol–water partition coefficient (Wildman–Crippen LogP) is 17.3. The zero-order valence-corrected chi connectivity index (χ0v) is 35.7. The van der Waals surface area contributed by atoms with Gasteiger partial charge in [-0.3, -0.25) is 0 Å². The minimum atomic E-state index is 0.949. The molecule has 0 fully saturated rings. The van der Waals surface area contributed by atoms with Gasteiger partial charge in [0.2, 0.25) is 0 Å². The van der Waals surface area contributed by atoms with E-state index in [9.17, 15) is 0 Å². The van der Waals surface area contributed by atoms with Crippen molar-refractivity contribution in [3.63, 3.8) is 0 Å². The molecule has 10 rings (SSSR count). The van der Waals surface area contributed by atoms with Crippen LogP contribution in [0.1, 0.15) is 18.4 Å². The summed E-state index contributed by atoms with van der Waals surface area (Å²) >= 11 is 0. The van der Waals surface area contributed by atoms with Crippen molar-refractivity contribution >= 4 is 34.0 Å². The lowest BCUT2D eigenvalue weighted by Crippen LogP contribution is -2.15. The molecule has 0 amide bonds. The second kappa shape index (κ2) is 18.8.